The second-order valence-electron chi connectivity index (χ2n) is 5.93. The number of nitrogens with one attached hydrogen (secondary N) is 1. The minimum Gasteiger partial charge on any atom is -0.495 e. The number of methoxy groups -OCH3 is 1. The molecule has 0 aromatic heterocycles. The highest BCUT2D eigenvalue weighted by atomic mass is 32.2. The van der Waals surface area contributed by atoms with Crippen LogP contribution >= 0.6 is 0 Å². The molecule has 0 bridgehead atoms. The van der Waals surface area contributed by atoms with Gasteiger partial charge in [0.1, 0.15) is 5.75 Å². The predicted octanol–water partition coefficient (Wildman–Crippen LogP) is 1.24. The third-order valence-electron chi connectivity index (χ3n) is 4.27. The molecule has 1 aliphatic heterocycles. The van der Waals surface area contributed by atoms with Gasteiger partial charge < -0.3 is 14.8 Å². The van der Waals surface area contributed by atoms with Gasteiger partial charge in [-0.2, -0.15) is 0 Å². The largest absolute Gasteiger partial charge is 0.495 e. The van der Waals surface area contributed by atoms with Gasteiger partial charge in [0.15, 0.2) is 6.61 Å². The van der Waals surface area contributed by atoms with E-state index in [-0.39, 0.29) is 5.75 Å². The fourth-order valence-electron chi connectivity index (χ4n) is 2.74. The fraction of sp³-hybridized carbons (Fsp3) is 0.529. The molecule has 0 unspecified atom stereocenters. The van der Waals surface area contributed by atoms with Gasteiger partial charge in [0.05, 0.1) is 24.5 Å². The average Bonchev–Trinajstić information content (AvgIpc) is 2.66. The van der Waals surface area contributed by atoms with Crippen molar-refractivity contribution in [2.24, 2.45) is 5.92 Å². The van der Waals surface area contributed by atoms with Crippen LogP contribution in [0.4, 0.5) is 5.69 Å². The van der Waals surface area contributed by atoms with Crippen molar-refractivity contribution in [3.8, 4) is 5.75 Å². The van der Waals surface area contributed by atoms with Gasteiger partial charge in [0.25, 0.3) is 5.91 Å². The lowest BCUT2D eigenvalue weighted by molar-refractivity contribution is -0.152. The van der Waals surface area contributed by atoms with Gasteiger partial charge in [-0.3, -0.25) is 9.59 Å². The molecule has 1 N–H and O–H groups in total. The zero-order chi connectivity index (χ0) is 19.2. The Kier molecular flexibility index (Phi) is 6.98. The first kappa shape index (κ1) is 20.2. The van der Waals surface area contributed by atoms with Gasteiger partial charge >= 0.3 is 5.97 Å². The van der Waals surface area contributed by atoms with Crippen molar-refractivity contribution < 1.29 is 27.5 Å². The minimum absolute atomic E-state index is 0.0469. The van der Waals surface area contributed by atoms with E-state index in [0.29, 0.717) is 37.4 Å². The topological polar surface area (TPSA) is 102 Å². The highest BCUT2D eigenvalue weighted by Crippen LogP contribution is 2.23. The first-order valence-electron chi connectivity index (χ1n) is 8.44. The van der Waals surface area contributed by atoms with Gasteiger partial charge in [0.2, 0.25) is 10.0 Å². The summed E-state index contributed by atoms with van der Waals surface area (Å²) in [5.74, 6) is -0.776. The molecule has 1 amide bonds. The van der Waals surface area contributed by atoms with Crippen molar-refractivity contribution in [2.75, 3.05) is 37.9 Å². The van der Waals surface area contributed by atoms with Crippen molar-refractivity contribution in [1.82, 2.24) is 4.31 Å². The summed E-state index contributed by atoms with van der Waals surface area (Å²) in [6.07, 6.45) is 0.790. The standard InChI is InChI=1S/C17H24N2O6S/c1-3-26(22,23)19-10-8-13(9-11-19)17(21)25-12-16(20)18-14-6-4-5-7-15(14)24-2/h4-7,13H,3,8-12H2,1-2H3,(H,18,20). The van der Waals surface area contributed by atoms with E-state index in [9.17, 15) is 18.0 Å². The van der Waals surface area contributed by atoms with Crippen LogP contribution in [0.3, 0.4) is 0 Å². The molecule has 1 aromatic carbocycles. The van der Waals surface area contributed by atoms with Crippen molar-refractivity contribution in [1.29, 1.82) is 0 Å². The van der Waals surface area contributed by atoms with Gasteiger partial charge in [0, 0.05) is 13.1 Å². The van der Waals surface area contributed by atoms with E-state index in [1.165, 1.54) is 11.4 Å². The van der Waals surface area contributed by atoms with Crippen LogP contribution < -0.4 is 10.1 Å². The maximum Gasteiger partial charge on any atom is 0.309 e. The summed E-state index contributed by atoms with van der Waals surface area (Å²) in [5.41, 5.74) is 0.495. The van der Waals surface area contributed by atoms with Crippen LogP contribution in [0.2, 0.25) is 0 Å². The monoisotopic (exact) mass is 384 g/mol. The molecule has 1 fully saturated rings. The lowest BCUT2D eigenvalue weighted by atomic mass is 9.98. The third kappa shape index (κ3) is 5.18. The number of benzene rings is 1. The van der Waals surface area contributed by atoms with Gasteiger partial charge in [-0.1, -0.05) is 12.1 Å². The molecule has 144 valence electrons. The lowest BCUT2D eigenvalue weighted by Gasteiger charge is -2.29. The first-order valence-corrected chi connectivity index (χ1v) is 10.1. The number of anilines is 1. The first-order chi connectivity index (χ1) is 12.4. The van der Waals surface area contributed by atoms with Gasteiger partial charge in [-0.25, -0.2) is 12.7 Å². The summed E-state index contributed by atoms with van der Waals surface area (Å²) in [4.78, 5) is 24.1. The van der Waals surface area contributed by atoms with Crippen molar-refractivity contribution in [3.05, 3.63) is 24.3 Å². The second kappa shape index (κ2) is 9.00. The molecule has 1 saturated heterocycles. The van der Waals surface area contributed by atoms with E-state index < -0.39 is 34.4 Å². The molecule has 1 aliphatic rings. The number of ether oxygens (including phenoxy) is 2. The molecule has 0 spiro atoms. The smallest absolute Gasteiger partial charge is 0.309 e. The van der Waals surface area contributed by atoms with Crippen molar-refractivity contribution in [3.63, 3.8) is 0 Å². The quantitative estimate of drug-likeness (QED) is 0.710. The number of nitrogens with zero attached hydrogens (tertiary/aromatic N) is 1. The number of carbonyl (C=O) groups is 2. The molecule has 0 saturated carbocycles. The van der Waals surface area contributed by atoms with Crippen LogP contribution in [0, 0.1) is 5.92 Å². The predicted molar refractivity (Wildman–Crippen MR) is 96.3 cm³/mol. The molecule has 1 aromatic rings. The number of piperidine rings is 1. The van der Waals surface area contributed by atoms with Crippen molar-refractivity contribution >= 4 is 27.6 Å². The Hall–Kier alpha value is -2.13. The Labute approximate surface area is 153 Å². The fourth-order valence-corrected chi connectivity index (χ4v) is 3.87. The van der Waals surface area contributed by atoms with Crippen LogP contribution in [0.15, 0.2) is 24.3 Å². The molecule has 1 heterocycles. The van der Waals surface area contributed by atoms with E-state index in [1.807, 2.05) is 0 Å². The molecule has 8 nitrogen and oxygen atoms in total. The highest BCUT2D eigenvalue weighted by Gasteiger charge is 2.31. The summed E-state index contributed by atoms with van der Waals surface area (Å²) < 4.78 is 35.2. The Morgan fingerprint density at radius 1 is 1.23 bits per heavy atom. The molecule has 0 radical (unpaired) electrons. The van der Waals surface area contributed by atoms with Crippen LogP contribution in [-0.4, -0.2) is 57.2 Å². The number of carbonyl (C=O) groups excluding carboxylic acids is 2. The Balaban J connectivity index is 1.79. The van der Waals surface area contributed by atoms with E-state index in [2.05, 4.69) is 5.32 Å². The molecule has 9 heteroatoms. The SMILES string of the molecule is CCS(=O)(=O)N1CCC(C(=O)OCC(=O)Nc2ccccc2OC)CC1. The number of amides is 1. The Morgan fingerprint density at radius 2 is 1.88 bits per heavy atom. The van der Waals surface area contributed by atoms with Crippen LogP contribution in [0.1, 0.15) is 19.8 Å². The van der Waals surface area contributed by atoms with Gasteiger partial charge in [-0.15, -0.1) is 0 Å². The number of para-hydroxylation sites is 2. The highest BCUT2D eigenvalue weighted by molar-refractivity contribution is 7.89. The van der Waals surface area contributed by atoms with Crippen LogP contribution in [-0.2, 0) is 24.3 Å². The van der Waals surface area contributed by atoms with E-state index in [4.69, 9.17) is 9.47 Å². The Morgan fingerprint density at radius 3 is 2.50 bits per heavy atom. The Bertz CT molecular complexity index is 741. The maximum absolute atomic E-state index is 12.1. The molecular formula is C17H24N2O6S. The van der Waals surface area contributed by atoms with Crippen molar-refractivity contribution in [2.45, 2.75) is 19.8 Å². The molecule has 0 aliphatic carbocycles. The summed E-state index contributed by atoms with van der Waals surface area (Å²) >= 11 is 0. The van der Waals surface area contributed by atoms with Gasteiger partial charge in [-0.05, 0) is 31.9 Å². The molecule has 0 atom stereocenters. The third-order valence-corrected chi connectivity index (χ3v) is 6.15. The van der Waals surface area contributed by atoms with E-state index in [0.717, 1.165) is 0 Å². The maximum atomic E-state index is 12.1. The average molecular weight is 384 g/mol. The molecular weight excluding hydrogens is 360 g/mol. The minimum atomic E-state index is -3.23. The molecule has 26 heavy (non-hydrogen) atoms. The number of rotatable bonds is 7. The van der Waals surface area contributed by atoms with Crippen LogP contribution in [0.5, 0.6) is 5.75 Å². The van der Waals surface area contributed by atoms with E-state index >= 15 is 0 Å². The number of hydrogen-bond donors (Lipinski definition) is 1. The summed E-state index contributed by atoms with van der Waals surface area (Å²) in [7, 11) is -1.74. The zero-order valence-corrected chi connectivity index (χ0v) is 15.8. The number of esters is 1. The normalized spacial score (nSPS) is 16.1. The zero-order valence-electron chi connectivity index (χ0n) is 14.9. The number of hydrogen-bond acceptors (Lipinski definition) is 6. The molecule has 2 rings (SSSR count). The summed E-state index contributed by atoms with van der Waals surface area (Å²) in [5, 5.41) is 2.63. The number of sulfonamides is 1. The lowest BCUT2D eigenvalue weighted by Crippen LogP contribution is -2.41. The van der Waals surface area contributed by atoms with E-state index in [1.54, 1.807) is 31.2 Å². The van der Waals surface area contributed by atoms with Crippen LogP contribution in [0.25, 0.3) is 0 Å². The second-order valence-corrected chi connectivity index (χ2v) is 8.19. The summed E-state index contributed by atoms with van der Waals surface area (Å²) in [6.45, 7) is 1.78. The summed E-state index contributed by atoms with van der Waals surface area (Å²) in [6, 6.07) is 6.92.